The highest BCUT2D eigenvalue weighted by molar-refractivity contribution is 7.13. The fourth-order valence-corrected chi connectivity index (χ4v) is 5.73. The Hall–Kier alpha value is -3.77. The second-order valence-electron chi connectivity index (χ2n) is 10.3. The first kappa shape index (κ1) is 28.4. The van der Waals surface area contributed by atoms with E-state index in [4.69, 9.17) is 9.15 Å². The molecule has 7 nitrogen and oxygen atoms in total. The number of hydrogen-bond acceptors (Lipinski definition) is 8. The number of rotatable bonds is 9. The fourth-order valence-electron chi connectivity index (χ4n) is 4.92. The Morgan fingerprint density at radius 1 is 0.905 bits per heavy atom. The molecular weight excluding hydrogens is 565 g/mol. The van der Waals surface area contributed by atoms with Crippen molar-refractivity contribution in [1.82, 2.24) is 19.8 Å². The van der Waals surface area contributed by atoms with Crippen LogP contribution >= 0.6 is 11.3 Å². The van der Waals surface area contributed by atoms with Crippen LogP contribution in [0.25, 0.3) is 33.1 Å². The molecule has 6 rings (SSSR count). The topological polar surface area (TPSA) is 74.9 Å². The van der Waals surface area contributed by atoms with Crippen LogP contribution in [0, 0.1) is 0 Å². The lowest BCUT2D eigenvalue weighted by Gasteiger charge is -2.35. The van der Waals surface area contributed by atoms with E-state index in [1.807, 2.05) is 53.9 Å². The number of halogens is 3. The number of fused-ring (bicyclic) bond motifs is 1. The van der Waals surface area contributed by atoms with Crippen molar-refractivity contribution in [2.24, 2.45) is 0 Å². The molecule has 1 saturated heterocycles. The summed E-state index contributed by atoms with van der Waals surface area (Å²) in [7, 11) is 0. The van der Waals surface area contributed by atoms with Crippen molar-refractivity contribution in [3.8, 4) is 27.8 Å². The molecule has 3 aromatic carbocycles. The van der Waals surface area contributed by atoms with Gasteiger partial charge in [0.25, 0.3) is 0 Å². The van der Waals surface area contributed by atoms with Gasteiger partial charge in [0.05, 0.1) is 11.3 Å². The third-order valence-corrected chi connectivity index (χ3v) is 8.09. The average Bonchev–Trinajstić information content (AvgIpc) is 3.64. The molecule has 1 atom stereocenters. The summed E-state index contributed by atoms with van der Waals surface area (Å²) in [4.78, 5) is 13.7. The van der Waals surface area contributed by atoms with Crippen LogP contribution in [0.4, 0.5) is 13.2 Å². The number of hydrogen-bond donors (Lipinski definition) is 1. The van der Waals surface area contributed by atoms with E-state index in [0.717, 1.165) is 49.6 Å². The third kappa shape index (κ3) is 6.81. The number of aliphatic hydroxyl groups excluding tert-OH is 1. The Morgan fingerprint density at radius 2 is 1.64 bits per heavy atom. The van der Waals surface area contributed by atoms with E-state index in [2.05, 4.69) is 19.8 Å². The van der Waals surface area contributed by atoms with Crippen LogP contribution in [0.3, 0.4) is 0 Å². The molecule has 0 saturated carbocycles. The van der Waals surface area contributed by atoms with Gasteiger partial charge in [-0.05, 0) is 36.4 Å². The summed E-state index contributed by atoms with van der Waals surface area (Å²) in [6, 6.07) is 20.3. The molecular formula is C31H29F3N4O3S. The predicted octanol–water partition coefficient (Wildman–Crippen LogP) is 6.19. The first-order valence-electron chi connectivity index (χ1n) is 13.6. The highest BCUT2D eigenvalue weighted by atomic mass is 32.1. The highest BCUT2D eigenvalue weighted by Gasteiger charge is 2.30. The smallest absolute Gasteiger partial charge is 0.416 e. The molecule has 0 unspecified atom stereocenters. The summed E-state index contributed by atoms with van der Waals surface area (Å²) in [6.45, 7) is 4.61. The molecule has 0 radical (unpaired) electrons. The number of benzene rings is 3. The number of ether oxygens (including phenoxy) is 1. The Bertz CT molecular complexity index is 1610. The Labute approximate surface area is 244 Å². The number of β-amino-alcohol motifs (C(OH)–C–C–N with tert-alkyl or cyclic N) is 1. The Kier molecular flexibility index (Phi) is 8.25. The lowest BCUT2D eigenvalue weighted by Crippen LogP contribution is -2.48. The summed E-state index contributed by atoms with van der Waals surface area (Å²) < 4.78 is 50.2. The second-order valence-corrected chi connectivity index (χ2v) is 11.1. The van der Waals surface area contributed by atoms with Crippen LogP contribution in [-0.2, 0) is 12.7 Å². The number of piperazine rings is 1. The molecule has 0 amide bonds. The van der Waals surface area contributed by atoms with Gasteiger partial charge in [-0.1, -0.05) is 30.3 Å². The maximum Gasteiger partial charge on any atom is 0.416 e. The molecule has 5 aromatic rings. The van der Waals surface area contributed by atoms with Crippen LogP contribution in [0.2, 0.25) is 0 Å². The van der Waals surface area contributed by atoms with Gasteiger partial charge in [-0.2, -0.15) is 13.2 Å². The molecule has 218 valence electrons. The van der Waals surface area contributed by atoms with Gasteiger partial charge in [0.15, 0.2) is 5.58 Å². The van der Waals surface area contributed by atoms with Crippen molar-refractivity contribution in [1.29, 1.82) is 0 Å². The minimum atomic E-state index is -4.35. The predicted molar refractivity (Wildman–Crippen MR) is 155 cm³/mol. The zero-order chi connectivity index (χ0) is 29.1. The van der Waals surface area contributed by atoms with Crippen LogP contribution in [-0.4, -0.2) is 70.3 Å². The van der Waals surface area contributed by atoms with Crippen LogP contribution in [0.1, 0.15) is 11.3 Å². The molecule has 11 heteroatoms. The number of oxazole rings is 1. The molecule has 1 aliphatic rings. The van der Waals surface area contributed by atoms with Crippen LogP contribution in [0.5, 0.6) is 5.75 Å². The molecule has 0 spiro atoms. The Morgan fingerprint density at radius 3 is 2.38 bits per heavy atom. The number of thiazole rings is 1. The van der Waals surface area contributed by atoms with Gasteiger partial charge in [0.2, 0.25) is 5.89 Å². The number of nitrogens with zero attached hydrogens (tertiary/aromatic N) is 4. The van der Waals surface area contributed by atoms with Crippen molar-refractivity contribution in [2.45, 2.75) is 18.8 Å². The highest BCUT2D eigenvalue weighted by Crippen LogP contribution is 2.32. The van der Waals surface area contributed by atoms with Gasteiger partial charge in [0, 0.05) is 61.8 Å². The lowest BCUT2D eigenvalue weighted by molar-refractivity contribution is -0.137. The SMILES string of the molecule is O[C@@H](COc1ccc2oc(-c3ccccc3)nc2c1)CN1CCN(Cc2csc(-c3ccc(C(F)(F)F)cc3)n2)CC1. The zero-order valence-electron chi connectivity index (χ0n) is 22.6. The monoisotopic (exact) mass is 594 g/mol. The molecule has 1 aliphatic heterocycles. The minimum Gasteiger partial charge on any atom is -0.491 e. The zero-order valence-corrected chi connectivity index (χ0v) is 23.4. The van der Waals surface area contributed by atoms with Crippen molar-refractivity contribution in [3.05, 3.63) is 89.4 Å². The minimum absolute atomic E-state index is 0.167. The standard InChI is InChI=1S/C31H29F3N4O3S/c32-31(33,34)23-8-6-22(7-9-23)30-35-24(20-42-30)17-37-12-14-38(15-13-37)18-25(39)19-40-26-10-11-28-27(16-26)36-29(41-28)21-4-2-1-3-5-21/h1-11,16,20,25,39H,12-15,17-19H2/t25-/m1/s1. The van der Waals surface area contributed by atoms with Gasteiger partial charge in [0.1, 0.15) is 29.0 Å². The summed E-state index contributed by atoms with van der Waals surface area (Å²) in [6.07, 6.45) is -4.99. The summed E-state index contributed by atoms with van der Waals surface area (Å²) in [5, 5.41) is 13.3. The van der Waals surface area contributed by atoms with E-state index < -0.39 is 17.8 Å². The lowest BCUT2D eigenvalue weighted by atomic mass is 10.1. The largest absolute Gasteiger partial charge is 0.491 e. The van der Waals surface area contributed by atoms with Gasteiger partial charge in [-0.3, -0.25) is 9.80 Å². The van der Waals surface area contributed by atoms with E-state index in [0.29, 0.717) is 46.4 Å². The Balaban J connectivity index is 0.950. The third-order valence-electron chi connectivity index (χ3n) is 7.15. The summed E-state index contributed by atoms with van der Waals surface area (Å²) in [5.41, 5.74) is 3.19. The van der Waals surface area contributed by atoms with Crippen molar-refractivity contribution in [2.75, 3.05) is 39.3 Å². The molecule has 42 heavy (non-hydrogen) atoms. The maximum atomic E-state index is 12.8. The quantitative estimate of drug-likeness (QED) is 0.218. The van der Waals surface area contributed by atoms with E-state index in [-0.39, 0.29) is 6.61 Å². The normalized spacial score (nSPS) is 15.7. The first-order valence-corrected chi connectivity index (χ1v) is 14.5. The van der Waals surface area contributed by atoms with E-state index in [9.17, 15) is 18.3 Å². The number of aliphatic hydroxyl groups is 1. The second kappa shape index (κ2) is 12.2. The van der Waals surface area contributed by atoms with E-state index >= 15 is 0 Å². The fraction of sp³-hybridized carbons (Fsp3) is 0.290. The van der Waals surface area contributed by atoms with E-state index in [1.54, 1.807) is 0 Å². The molecule has 0 aliphatic carbocycles. The van der Waals surface area contributed by atoms with Gasteiger partial charge in [-0.25, -0.2) is 9.97 Å². The van der Waals surface area contributed by atoms with Crippen LogP contribution < -0.4 is 4.74 Å². The van der Waals surface area contributed by atoms with Crippen LogP contribution in [0.15, 0.2) is 82.6 Å². The van der Waals surface area contributed by atoms with Crippen molar-refractivity contribution < 1.29 is 27.4 Å². The summed E-state index contributed by atoms with van der Waals surface area (Å²) >= 11 is 1.43. The number of alkyl halides is 3. The molecule has 3 heterocycles. The first-order chi connectivity index (χ1) is 20.3. The van der Waals surface area contributed by atoms with Crippen molar-refractivity contribution >= 4 is 22.4 Å². The molecule has 2 aromatic heterocycles. The average molecular weight is 595 g/mol. The number of aromatic nitrogens is 2. The summed E-state index contributed by atoms with van der Waals surface area (Å²) in [5.74, 6) is 1.18. The molecule has 1 N–H and O–H groups in total. The maximum absolute atomic E-state index is 12.8. The van der Waals surface area contributed by atoms with Crippen molar-refractivity contribution in [3.63, 3.8) is 0 Å². The van der Waals surface area contributed by atoms with Gasteiger partial charge in [-0.15, -0.1) is 11.3 Å². The van der Waals surface area contributed by atoms with Gasteiger partial charge >= 0.3 is 6.18 Å². The molecule has 1 fully saturated rings. The van der Waals surface area contributed by atoms with Gasteiger partial charge < -0.3 is 14.3 Å². The molecule has 0 bridgehead atoms. The van der Waals surface area contributed by atoms with E-state index in [1.165, 1.54) is 23.5 Å².